The van der Waals surface area contributed by atoms with E-state index >= 15 is 0 Å². The molecular weight excluding hydrogens is 241 g/mol. The summed E-state index contributed by atoms with van der Waals surface area (Å²) in [6.45, 7) is 5.27. The molecule has 0 saturated carbocycles. The molecule has 1 aromatic heterocycles. The predicted molar refractivity (Wildman–Crippen MR) is 74.7 cm³/mol. The van der Waals surface area contributed by atoms with E-state index in [0.717, 1.165) is 24.3 Å². The van der Waals surface area contributed by atoms with Gasteiger partial charge in [-0.1, -0.05) is 12.5 Å². The Labute approximate surface area is 112 Å². The van der Waals surface area contributed by atoms with E-state index in [2.05, 4.69) is 28.7 Å². The Morgan fingerprint density at radius 1 is 1.37 bits per heavy atom. The Kier molecular flexibility index (Phi) is 3.27. The summed E-state index contributed by atoms with van der Waals surface area (Å²) < 4.78 is 16.1. The Morgan fingerprint density at radius 3 is 2.89 bits per heavy atom. The minimum atomic E-state index is -0.228. The molecule has 1 fully saturated rings. The van der Waals surface area contributed by atoms with E-state index in [4.69, 9.17) is 0 Å². The van der Waals surface area contributed by atoms with Crippen molar-refractivity contribution in [1.29, 1.82) is 0 Å². The molecule has 0 radical (unpaired) electrons. The molecule has 2 aromatic rings. The highest BCUT2D eigenvalue weighted by Gasteiger charge is 2.24. The normalized spacial score (nSPS) is 20.3. The number of hydrogen-bond acceptors (Lipinski definition) is 2. The third kappa shape index (κ3) is 2.14. The Hall–Kier alpha value is -1.42. The van der Waals surface area contributed by atoms with Gasteiger partial charge in [-0.2, -0.15) is 0 Å². The lowest BCUT2D eigenvalue weighted by atomic mass is 10.0. The van der Waals surface area contributed by atoms with Crippen molar-refractivity contribution in [1.82, 2.24) is 14.9 Å². The highest BCUT2D eigenvalue weighted by atomic mass is 19.1. The molecule has 1 unspecified atom stereocenters. The predicted octanol–water partition coefficient (Wildman–Crippen LogP) is 3.57. The van der Waals surface area contributed by atoms with Crippen molar-refractivity contribution < 1.29 is 4.39 Å². The van der Waals surface area contributed by atoms with Crippen molar-refractivity contribution in [2.75, 3.05) is 6.54 Å². The minimum Gasteiger partial charge on any atom is -0.324 e. The smallest absolute Gasteiger partial charge is 0.151 e. The van der Waals surface area contributed by atoms with Gasteiger partial charge < -0.3 is 9.88 Å². The topological polar surface area (TPSA) is 29.9 Å². The van der Waals surface area contributed by atoms with Crippen LogP contribution in [0.4, 0.5) is 4.39 Å². The molecule has 3 rings (SSSR count). The lowest BCUT2D eigenvalue weighted by molar-refractivity contribution is 0.380. The Balaban J connectivity index is 2.17. The fraction of sp³-hybridized carbons (Fsp3) is 0.533. The summed E-state index contributed by atoms with van der Waals surface area (Å²) in [5.41, 5.74) is 1.40. The second kappa shape index (κ2) is 4.93. The van der Waals surface area contributed by atoms with E-state index in [9.17, 15) is 4.39 Å². The van der Waals surface area contributed by atoms with Crippen molar-refractivity contribution in [3.05, 3.63) is 29.8 Å². The average Bonchev–Trinajstić information content (AvgIpc) is 2.81. The van der Waals surface area contributed by atoms with Crippen LogP contribution in [-0.4, -0.2) is 16.1 Å². The van der Waals surface area contributed by atoms with Crippen LogP contribution < -0.4 is 5.32 Å². The van der Waals surface area contributed by atoms with E-state index in [1.807, 2.05) is 6.07 Å². The van der Waals surface area contributed by atoms with Gasteiger partial charge in [0.1, 0.15) is 11.3 Å². The summed E-state index contributed by atoms with van der Waals surface area (Å²) >= 11 is 0. The van der Waals surface area contributed by atoms with Gasteiger partial charge in [-0.25, -0.2) is 9.37 Å². The van der Waals surface area contributed by atoms with Gasteiger partial charge in [0.25, 0.3) is 0 Å². The number of para-hydroxylation sites is 1. The third-order valence-electron chi connectivity index (χ3n) is 3.84. The van der Waals surface area contributed by atoms with Gasteiger partial charge in [0.2, 0.25) is 0 Å². The van der Waals surface area contributed by atoms with Gasteiger partial charge in [0.15, 0.2) is 5.82 Å². The van der Waals surface area contributed by atoms with Crippen LogP contribution in [0.5, 0.6) is 0 Å². The number of hydrogen-bond donors (Lipinski definition) is 1. The number of fused-ring (bicyclic) bond motifs is 1. The fourth-order valence-corrected chi connectivity index (χ4v) is 2.96. The third-order valence-corrected chi connectivity index (χ3v) is 3.84. The van der Waals surface area contributed by atoms with Crippen molar-refractivity contribution in [3.8, 4) is 0 Å². The van der Waals surface area contributed by atoms with E-state index in [1.165, 1.54) is 18.9 Å². The lowest BCUT2D eigenvalue weighted by Gasteiger charge is -2.25. The number of imidazole rings is 1. The zero-order chi connectivity index (χ0) is 13.4. The number of benzene rings is 1. The van der Waals surface area contributed by atoms with Crippen molar-refractivity contribution in [2.45, 2.75) is 45.2 Å². The Morgan fingerprint density at radius 2 is 2.21 bits per heavy atom. The molecule has 1 N–H and O–H groups in total. The van der Waals surface area contributed by atoms with E-state index < -0.39 is 0 Å². The standard InChI is InChI=1S/C15H20FN3/c1-10(2)19-13-8-5-6-11(16)14(13)18-15(19)12-7-3-4-9-17-12/h5-6,8,10,12,17H,3-4,7,9H2,1-2H3. The van der Waals surface area contributed by atoms with Crippen LogP contribution in [-0.2, 0) is 0 Å². The molecule has 1 atom stereocenters. The zero-order valence-corrected chi connectivity index (χ0v) is 11.5. The molecule has 3 nitrogen and oxygen atoms in total. The molecule has 0 bridgehead atoms. The second-order valence-corrected chi connectivity index (χ2v) is 5.54. The quantitative estimate of drug-likeness (QED) is 0.895. The monoisotopic (exact) mass is 261 g/mol. The average molecular weight is 261 g/mol. The van der Waals surface area contributed by atoms with Crippen LogP contribution in [0.2, 0.25) is 0 Å². The van der Waals surface area contributed by atoms with Gasteiger partial charge in [-0.05, 0) is 45.4 Å². The van der Waals surface area contributed by atoms with E-state index in [0.29, 0.717) is 5.52 Å². The highest BCUT2D eigenvalue weighted by molar-refractivity contribution is 5.77. The first-order valence-electron chi connectivity index (χ1n) is 7.08. The number of piperidine rings is 1. The number of rotatable bonds is 2. The largest absolute Gasteiger partial charge is 0.324 e. The summed E-state index contributed by atoms with van der Waals surface area (Å²) in [4.78, 5) is 4.58. The molecule has 1 aliphatic rings. The Bertz CT molecular complexity index is 582. The molecule has 1 saturated heterocycles. The van der Waals surface area contributed by atoms with E-state index in [1.54, 1.807) is 6.07 Å². The first-order chi connectivity index (χ1) is 9.18. The van der Waals surface area contributed by atoms with Crippen molar-refractivity contribution in [3.63, 3.8) is 0 Å². The van der Waals surface area contributed by atoms with Gasteiger partial charge in [0.05, 0.1) is 11.6 Å². The maximum atomic E-state index is 13.9. The first kappa shape index (κ1) is 12.6. The number of aromatic nitrogens is 2. The SMILES string of the molecule is CC(C)n1c(C2CCCCN2)nc2c(F)cccc21. The first-order valence-corrected chi connectivity index (χ1v) is 7.08. The summed E-state index contributed by atoms with van der Waals surface area (Å²) in [5, 5.41) is 3.51. The van der Waals surface area contributed by atoms with Crippen LogP contribution >= 0.6 is 0 Å². The summed E-state index contributed by atoms with van der Waals surface area (Å²) in [5.74, 6) is 0.753. The molecule has 4 heteroatoms. The van der Waals surface area contributed by atoms with Gasteiger partial charge >= 0.3 is 0 Å². The fourth-order valence-electron chi connectivity index (χ4n) is 2.96. The van der Waals surface area contributed by atoms with Crippen molar-refractivity contribution in [2.24, 2.45) is 0 Å². The highest BCUT2D eigenvalue weighted by Crippen LogP contribution is 2.30. The lowest BCUT2D eigenvalue weighted by Crippen LogP contribution is -2.29. The van der Waals surface area contributed by atoms with E-state index in [-0.39, 0.29) is 17.9 Å². The zero-order valence-electron chi connectivity index (χ0n) is 11.5. The van der Waals surface area contributed by atoms with Crippen LogP contribution in [0.3, 0.4) is 0 Å². The molecule has 1 aliphatic heterocycles. The maximum absolute atomic E-state index is 13.9. The molecule has 0 aliphatic carbocycles. The molecule has 19 heavy (non-hydrogen) atoms. The molecular formula is C15H20FN3. The maximum Gasteiger partial charge on any atom is 0.151 e. The van der Waals surface area contributed by atoms with Gasteiger partial charge in [-0.15, -0.1) is 0 Å². The summed E-state index contributed by atoms with van der Waals surface area (Å²) in [7, 11) is 0. The summed E-state index contributed by atoms with van der Waals surface area (Å²) in [6, 6.07) is 5.74. The second-order valence-electron chi connectivity index (χ2n) is 5.54. The molecule has 0 spiro atoms. The number of halogens is 1. The van der Waals surface area contributed by atoms with Crippen LogP contribution in [0.25, 0.3) is 11.0 Å². The molecule has 1 aromatic carbocycles. The summed E-state index contributed by atoms with van der Waals surface area (Å²) in [6.07, 6.45) is 3.51. The van der Waals surface area contributed by atoms with Crippen LogP contribution in [0.15, 0.2) is 18.2 Å². The molecule has 102 valence electrons. The molecule has 2 heterocycles. The minimum absolute atomic E-state index is 0.228. The van der Waals surface area contributed by atoms with Gasteiger partial charge in [0, 0.05) is 6.04 Å². The number of nitrogens with one attached hydrogen (secondary N) is 1. The van der Waals surface area contributed by atoms with Crippen LogP contribution in [0, 0.1) is 5.82 Å². The van der Waals surface area contributed by atoms with Crippen LogP contribution in [0.1, 0.15) is 51.0 Å². The molecule has 0 amide bonds. The number of nitrogens with zero attached hydrogens (tertiary/aromatic N) is 2. The van der Waals surface area contributed by atoms with Gasteiger partial charge in [-0.3, -0.25) is 0 Å². The van der Waals surface area contributed by atoms with Crippen molar-refractivity contribution >= 4 is 11.0 Å².